The summed E-state index contributed by atoms with van der Waals surface area (Å²) in [4.78, 5) is 0. The second-order valence-electron chi connectivity index (χ2n) is 16.1. The number of hydrogen-bond donors (Lipinski definition) is 0. The normalized spacial score (nSPS) is 11.9. The molecule has 0 unspecified atom stereocenters. The summed E-state index contributed by atoms with van der Waals surface area (Å²) in [5.74, 6) is 0. The monoisotopic (exact) mass is 775 g/mol. The number of para-hydroxylation sites is 3. The van der Waals surface area contributed by atoms with Gasteiger partial charge in [-0.25, -0.2) is 0 Å². The summed E-state index contributed by atoms with van der Waals surface area (Å²) in [6.07, 6.45) is 0. The maximum atomic E-state index is 2.47. The van der Waals surface area contributed by atoms with Gasteiger partial charge in [0.25, 0.3) is 0 Å². The van der Waals surface area contributed by atoms with Gasteiger partial charge < -0.3 is 13.7 Å². The third-order valence-electron chi connectivity index (χ3n) is 12.8. The van der Waals surface area contributed by atoms with Crippen LogP contribution in [0, 0.1) is 0 Å². The zero-order valence-electron chi connectivity index (χ0n) is 33.2. The van der Waals surface area contributed by atoms with Crippen molar-refractivity contribution in [3.8, 4) is 39.3 Å². The van der Waals surface area contributed by atoms with E-state index in [4.69, 9.17) is 0 Å². The van der Waals surface area contributed by atoms with Crippen molar-refractivity contribution < 1.29 is 0 Å². The van der Waals surface area contributed by atoms with Crippen LogP contribution in [0.3, 0.4) is 0 Å². The molecule has 0 aliphatic rings. The minimum Gasteiger partial charge on any atom is -0.309 e. The van der Waals surface area contributed by atoms with E-state index in [0.29, 0.717) is 0 Å². The fourth-order valence-corrected chi connectivity index (χ4v) is 10.1. The number of nitrogens with zero attached hydrogens (tertiary/aromatic N) is 3. The Kier molecular flexibility index (Phi) is 7.31. The predicted octanol–water partition coefficient (Wildman–Crippen LogP) is 15.5. The second kappa shape index (κ2) is 13.2. The molecular formula is C58H37N3. The molecule has 0 spiro atoms. The van der Waals surface area contributed by atoms with Crippen molar-refractivity contribution in [1.29, 1.82) is 0 Å². The predicted molar refractivity (Wildman–Crippen MR) is 258 cm³/mol. The van der Waals surface area contributed by atoms with Gasteiger partial charge in [-0.05, 0) is 107 Å². The third-order valence-corrected chi connectivity index (χ3v) is 12.8. The van der Waals surface area contributed by atoms with E-state index in [1.165, 1.54) is 104 Å². The van der Waals surface area contributed by atoms with E-state index >= 15 is 0 Å². The Hall–Kier alpha value is -8.14. The summed E-state index contributed by atoms with van der Waals surface area (Å²) in [6, 6.07) is 82.3. The lowest BCUT2D eigenvalue weighted by atomic mass is 10.00. The number of benzene rings is 10. The molecule has 0 N–H and O–H groups in total. The first-order valence-corrected chi connectivity index (χ1v) is 21.0. The highest BCUT2D eigenvalue weighted by molar-refractivity contribution is 6.20. The van der Waals surface area contributed by atoms with Crippen LogP contribution < -0.4 is 0 Å². The average Bonchev–Trinajstić information content (AvgIpc) is 3.95. The molecule has 0 radical (unpaired) electrons. The smallest absolute Gasteiger partial charge is 0.0562 e. The molecule has 0 aliphatic heterocycles. The van der Waals surface area contributed by atoms with Crippen molar-refractivity contribution in [2.45, 2.75) is 0 Å². The van der Waals surface area contributed by atoms with Crippen molar-refractivity contribution in [3.63, 3.8) is 0 Å². The Labute approximate surface area is 352 Å². The van der Waals surface area contributed by atoms with E-state index in [0.717, 1.165) is 11.4 Å². The molecule has 61 heavy (non-hydrogen) atoms. The standard InChI is InChI=1S/C58H37N3/c1-3-15-38(16-4-1)40-19-13-22-44(33-40)60-55-31-29-42(35-49(55)51-36-50-47-25-9-11-26-53(47)59(57(50)37-58(51)60)43-20-5-2-6-21-43)41-30-32-56-48(34-41)46-24-10-12-27-54(46)61(56)52-28-14-18-39-17-7-8-23-45(39)52/h1-37H. The molecule has 10 aromatic carbocycles. The van der Waals surface area contributed by atoms with E-state index < -0.39 is 0 Å². The van der Waals surface area contributed by atoms with E-state index in [-0.39, 0.29) is 0 Å². The first-order chi connectivity index (χ1) is 30.3. The van der Waals surface area contributed by atoms with Crippen LogP contribution >= 0.6 is 0 Å². The van der Waals surface area contributed by atoms with Crippen molar-refractivity contribution >= 4 is 76.2 Å². The molecule has 0 aliphatic carbocycles. The van der Waals surface area contributed by atoms with Gasteiger partial charge in [0.15, 0.2) is 0 Å². The number of rotatable bonds is 5. The lowest BCUT2D eigenvalue weighted by Crippen LogP contribution is -1.96. The first-order valence-electron chi connectivity index (χ1n) is 21.0. The third kappa shape index (κ3) is 5.11. The Bertz CT molecular complexity index is 3860. The highest BCUT2D eigenvalue weighted by Crippen LogP contribution is 2.42. The summed E-state index contributed by atoms with van der Waals surface area (Å²) in [5.41, 5.74) is 15.4. The molecule has 0 saturated carbocycles. The Morgan fingerprint density at radius 3 is 1.41 bits per heavy atom. The molecule has 0 amide bonds. The fraction of sp³-hybridized carbons (Fsp3) is 0. The minimum atomic E-state index is 1.14. The highest BCUT2D eigenvalue weighted by Gasteiger charge is 2.20. The van der Waals surface area contributed by atoms with E-state index in [1.807, 2.05) is 0 Å². The largest absolute Gasteiger partial charge is 0.309 e. The van der Waals surface area contributed by atoms with E-state index in [9.17, 15) is 0 Å². The quantitative estimate of drug-likeness (QED) is 0.165. The molecule has 3 heterocycles. The minimum absolute atomic E-state index is 1.14. The molecule has 13 aromatic rings. The van der Waals surface area contributed by atoms with E-state index in [2.05, 4.69) is 238 Å². The summed E-state index contributed by atoms with van der Waals surface area (Å²) < 4.78 is 7.32. The van der Waals surface area contributed by atoms with Crippen LogP contribution in [0.5, 0.6) is 0 Å². The SMILES string of the molecule is c1ccc(-c2cccc(-n3c4ccc(-c5ccc6c(c5)c5ccccc5n6-c5cccc6ccccc56)cc4c4cc5c6ccccc6n(-c6ccccc6)c5cc43)c2)cc1. The van der Waals surface area contributed by atoms with Gasteiger partial charge in [0.05, 0.1) is 38.8 Å². The molecule has 0 bridgehead atoms. The maximum absolute atomic E-state index is 2.47. The number of aromatic nitrogens is 3. The van der Waals surface area contributed by atoms with Crippen LogP contribution in [0.1, 0.15) is 0 Å². The lowest BCUT2D eigenvalue weighted by molar-refractivity contribution is 1.16. The zero-order chi connectivity index (χ0) is 40.0. The Balaban J connectivity index is 1.07. The molecule has 3 nitrogen and oxygen atoms in total. The highest BCUT2D eigenvalue weighted by atomic mass is 15.0. The van der Waals surface area contributed by atoms with Gasteiger partial charge in [0.1, 0.15) is 0 Å². The van der Waals surface area contributed by atoms with Gasteiger partial charge in [-0.1, -0.05) is 146 Å². The molecule has 0 fully saturated rings. The van der Waals surface area contributed by atoms with Crippen molar-refractivity contribution in [1.82, 2.24) is 13.7 Å². The summed E-state index contributed by atoms with van der Waals surface area (Å²) >= 11 is 0. The summed E-state index contributed by atoms with van der Waals surface area (Å²) in [7, 11) is 0. The molecule has 0 atom stereocenters. The molecular weight excluding hydrogens is 739 g/mol. The van der Waals surface area contributed by atoms with E-state index in [1.54, 1.807) is 0 Å². The molecule has 13 rings (SSSR count). The van der Waals surface area contributed by atoms with Gasteiger partial charge in [-0.2, -0.15) is 0 Å². The van der Waals surface area contributed by atoms with Crippen LogP contribution in [-0.2, 0) is 0 Å². The molecule has 3 heteroatoms. The lowest BCUT2D eigenvalue weighted by Gasteiger charge is -2.12. The van der Waals surface area contributed by atoms with Gasteiger partial charge in [-0.3, -0.25) is 0 Å². The second-order valence-corrected chi connectivity index (χ2v) is 16.1. The van der Waals surface area contributed by atoms with Crippen LogP contribution in [0.25, 0.3) is 116 Å². The zero-order valence-corrected chi connectivity index (χ0v) is 33.2. The van der Waals surface area contributed by atoms with Crippen molar-refractivity contribution in [2.24, 2.45) is 0 Å². The summed E-state index contributed by atoms with van der Waals surface area (Å²) in [5, 5.41) is 9.94. The van der Waals surface area contributed by atoms with Crippen LogP contribution in [0.15, 0.2) is 224 Å². The van der Waals surface area contributed by atoms with Crippen LogP contribution in [0.4, 0.5) is 0 Å². The van der Waals surface area contributed by atoms with Crippen molar-refractivity contribution in [3.05, 3.63) is 224 Å². The number of fused-ring (bicyclic) bond motifs is 10. The van der Waals surface area contributed by atoms with Crippen molar-refractivity contribution in [2.75, 3.05) is 0 Å². The molecule has 284 valence electrons. The number of hydrogen-bond acceptors (Lipinski definition) is 0. The topological polar surface area (TPSA) is 14.8 Å². The molecule has 3 aromatic heterocycles. The average molecular weight is 776 g/mol. The van der Waals surface area contributed by atoms with Gasteiger partial charge in [0, 0.05) is 49.1 Å². The first kappa shape index (κ1) is 33.8. The van der Waals surface area contributed by atoms with Gasteiger partial charge >= 0.3 is 0 Å². The van der Waals surface area contributed by atoms with Crippen LogP contribution in [-0.4, -0.2) is 13.7 Å². The fourth-order valence-electron chi connectivity index (χ4n) is 10.1. The summed E-state index contributed by atoms with van der Waals surface area (Å²) in [6.45, 7) is 0. The Morgan fingerprint density at radius 2 is 0.672 bits per heavy atom. The van der Waals surface area contributed by atoms with Gasteiger partial charge in [0.2, 0.25) is 0 Å². The molecule has 0 saturated heterocycles. The Morgan fingerprint density at radius 1 is 0.213 bits per heavy atom. The maximum Gasteiger partial charge on any atom is 0.0562 e. The van der Waals surface area contributed by atoms with Crippen LogP contribution in [0.2, 0.25) is 0 Å². The van der Waals surface area contributed by atoms with Gasteiger partial charge in [-0.15, -0.1) is 0 Å².